The largest absolute Gasteiger partial charge is 0.507 e. The SMILES string of the molecule is Cc1ccc(-c2cnc(C)nc2)c(O)c1. The molecule has 2 aromatic rings. The van der Waals surface area contributed by atoms with E-state index in [-0.39, 0.29) is 5.75 Å². The summed E-state index contributed by atoms with van der Waals surface area (Å²) in [4.78, 5) is 8.19. The number of hydrogen-bond acceptors (Lipinski definition) is 3. The van der Waals surface area contributed by atoms with Crippen molar-refractivity contribution in [1.29, 1.82) is 0 Å². The molecule has 76 valence electrons. The van der Waals surface area contributed by atoms with E-state index in [1.807, 2.05) is 26.0 Å². The highest BCUT2D eigenvalue weighted by molar-refractivity contribution is 5.69. The maximum Gasteiger partial charge on any atom is 0.125 e. The summed E-state index contributed by atoms with van der Waals surface area (Å²) >= 11 is 0. The molecule has 1 heterocycles. The summed E-state index contributed by atoms with van der Waals surface area (Å²) < 4.78 is 0. The van der Waals surface area contributed by atoms with Gasteiger partial charge in [-0.05, 0) is 25.5 Å². The second kappa shape index (κ2) is 3.69. The monoisotopic (exact) mass is 200 g/mol. The molecule has 0 unspecified atom stereocenters. The summed E-state index contributed by atoms with van der Waals surface area (Å²) in [6, 6.07) is 5.56. The van der Waals surface area contributed by atoms with Crippen LogP contribution in [-0.2, 0) is 0 Å². The zero-order valence-electron chi connectivity index (χ0n) is 8.73. The first kappa shape index (κ1) is 9.65. The molecule has 15 heavy (non-hydrogen) atoms. The minimum atomic E-state index is 0.266. The summed E-state index contributed by atoms with van der Waals surface area (Å²) in [5.41, 5.74) is 2.63. The van der Waals surface area contributed by atoms with Crippen molar-refractivity contribution in [2.45, 2.75) is 13.8 Å². The molecule has 3 nitrogen and oxygen atoms in total. The third-order valence-corrected chi connectivity index (χ3v) is 2.25. The van der Waals surface area contributed by atoms with Gasteiger partial charge in [-0.3, -0.25) is 0 Å². The highest BCUT2D eigenvalue weighted by Gasteiger charge is 2.04. The molecule has 0 aliphatic heterocycles. The van der Waals surface area contributed by atoms with Crippen molar-refractivity contribution in [2.24, 2.45) is 0 Å². The van der Waals surface area contributed by atoms with E-state index in [2.05, 4.69) is 9.97 Å². The number of benzene rings is 1. The number of nitrogens with zero attached hydrogens (tertiary/aromatic N) is 2. The van der Waals surface area contributed by atoms with Gasteiger partial charge in [-0.15, -0.1) is 0 Å². The van der Waals surface area contributed by atoms with Crippen molar-refractivity contribution in [3.8, 4) is 16.9 Å². The van der Waals surface area contributed by atoms with E-state index in [0.29, 0.717) is 0 Å². The number of aryl methyl sites for hydroxylation is 2. The Hall–Kier alpha value is -1.90. The van der Waals surface area contributed by atoms with E-state index in [1.54, 1.807) is 18.5 Å². The minimum absolute atomic E-state index is 0.266. The van der Waals surface area contributed by atoms with Crippen LogP contribution in [0.4, 0.5) is 0 Å². The van der Waals surface area contributed by atoms with E-state index in [9.17, 15) is 5.11 Å². The average Bonchev–Trinajstić information content (AvgIpc) is 2.20. The number of aromatic nitrogens is 2. The Labute approximate surface area is 88.5 Å². The molecule has 0 radical (unpaired) electrons. The highest BCUT2D eigenvalue weighted by atomic mass is 16.3. The topological polar surface area (TPSA) is 46.0 Å². The van der Waals surface area contributed by atoms with E-state index in [1.165, 1.54) is 0 Å². The van der Waals surface area contributed by atoms with Crippen LogP contribution in [-0.4, -0.2) is 15.1 Å². The molecule has 0 saturated carbocycles. The Morgan fingerprint density at radius 3 is 2.33 bits per heavy atom. The standard InChI is InChI=1S/C12H12N2O/c1-8-3-4-11(12(15)5-8)10-6-13-9(2)14-7-10/h3-7,15H,1-2H3. The Balaban J connectivity index is 2.49. The highest BCUT2D eigenvalue weighted by Crippen LogP contribution is 2.28. The van der Waals surface area contributed by atoms with Crippen molar-refractivity contribution in [3.63, 3.8) is 0 Å². The Morgan fingerprint density at radius 1 is 1.07 bits per heavy atom. The van der Waals surface area contributed by atoms with Crippen molar-refractivity contribution in [1.82, 2.24) is 9.97 Å². The third-order valence-electron chi connectivity index (χ3n) is 2.25. The van der Waals surface area contributed by atoms with Crippen LogP contribution in [0.25, 0.3) is 11.1 Å². The molecule has 0 spiro atoms. The van der Waals surface area contributed by atoms with Crippen LogP contribution in [0.3, 0.4) is 0 Å². The summed E-state index contributed by atoms with van der Waals surface area (Å²) in [5, 5.41) is 9.76. The molecule has 0 aliphatic rings. The van der Waals surface area contributed by atoms with E-state index < -0.39 is 0 Å². The summed E-state index contributed by atoms with van der Waals surface area (Å²) in [6.07, 6.45) is 3.43. The first-order valence-electron chi connectivity index (χ1n) is 4.75. The molecule has 0 amide bonds. The fourth-order valence-electron chi connectivity index (χ4n) is 1.42. The Kier molecular flexibility index (Phi) is 2.37. The molecule has 0 aliphatic carbocycles. The first-order valence-corrected chi connectivity index (χ1v) is 4.75. The van der Waals surface area contributed by atoms with Crippen LogP contribution in [0.2, 0.25) is 0 Å². The van der Waals surface area contributed by atoms with Crippen LogP contribution in [0, 0.1) is 13.8 Å². The molecule has 0 saturated heterocycles. The van der Waals surface area contributed by atoms with Crippen molar-refractivity contribution in [2.75, 3.05) is 0 Å². The zero-order chi connectivity index (χ0) is 10.8. The molecule has 0 atom stereocenters. The van der Waals surface area contributed by atoms with Crippen LogP contribution < -0.4 is 0 Å². The number of aromatic hydroxyl groups is 1. The van der Waals surface area contributed by atoms with Gasteiger partial charge in [0, 0.05) is 23.5 Å². The lowest BCUT2D eigenvalue weighted by molar-refractivity contribution is 0.477. The Bertz CT molecular complexity index is 477. The van der Waals surface area contributed by atoms with Gasteiger partial charge in [0.25, 0.3) is 0 Å². The van der Waals surface area contributed by atoms with Crippen LogP contribution in [0.15, 0.2) is 30.6 Å². The van der Waals surface area contributed by atoms with Gasteiger partial charge in [-0.1, -0.05) is 12.1 Å². The molecule has 0 fully saturated rings. The van der Waals surface area contributed by atoms with Crippen molar-refractivity contribution >= 4 is 0 Å². The number of rotatable bonds is 1. The lowest BCUT2D eigenvalue weighted by atomic mass is 10.1. The summed E-state index contributed by atoms with van der Waals surface area (Å²) in [5.74, 6) is 0.993. The van der Waals surface area contributed by atoms with E-state index in [4.69, 9.17) is 0 Å². The molecular formula is C12H12N2O. The quantitative estimate of drug-likeness (QED) is 0.769. The normalized spacial score (nSPS) is 10.3. The second-order valence-electron chi connectivity index (χ2n) is 3.54. The Morgan fingerprint density at radius 2 is 1.73 bits per heavy atom. The molecular weight excluding hydrogens is 188 g/mol. The smallest absolute Gasteiger partial charge is 0.125 e. The fraction of sp³-hybridized carbons (Fsp3) is 0.167. The molecule has 1 aromatic carbocycles. The first-order chi connectivity index (χ1) is 7.16. The fourth-order valence-corrected chi connectivity index (χ4v) is 1.42. The van der Waals surface area contributed by atoms with E-state index in [0.717, 1.165) is 22.5 Å². The maximum atomic E-state index is 9.76. The molecule has 0 bridgehead atoms. The molecule has 1 N–H and O–H groups in total. The van der Waals surface area contributed by atoms with Gasteiger partial charge in [0.15, 0.2) is 0 Å². The number of hydrogen-bond donors (Lipinski definition) is 1. The van der Waals surface area contributed by atoms with Gasteiger partial charge in [-0.25, -0.2) is 9.97 Å². The van der Waals surface area contributed by atoms with Crippen molar-refractivity contribution < 1.29 is 5.11 Å². The van der Waals surface area contributed by atoms with Gasteiger partial charge >= 0.3 is 0 Å². The van der Waals surface area contributed by atoms with Gasteiger partial charge in [0.1, 0.15) is 11.6 Å². The van der Waals surface area contributed by atoms with Crippen molar-refractivity contribution in [3.05, 3.63) is 42.0 Å². The summed E-state index contributed by atoms with van der Waals surface area (Å²) in [6.45, 7) is 3.77. The van der Waals surface area contributed by atoms with Gasteiger partial charge < -0.3 is 5.11 Å². The van der Waals surface area contributed by atoms with Gasteiger partial charge in [0.2, 0.25) is 0 Å². The van der Waals surface area contributed by atoms with Crippen LogP contribution in [0.5, 0.6) is 5.75 Å². The van der Waals surface area contributed by atoms with E-state index >= 15 is 0 Å². The molecule has 2 rings (SSSR count). The summed E-state index contributed by atoms with van der Waals surface area (Å²) in [7, 11) is 0. The lowest BCUT2D eigenvalue weighted by Gasteiger charge is -2.04. The predicted octanol–water partition coefficient (Wildman–Crippen LogP) is 2.47. The van der Waals surface area contributed by atoms with Crippen LogP contribution in [0.1, 0.15) is 11.4 Å². The zero-order valence-corrected chi connectivity index (χ0v) is 8.73. The minimum Gasteiger partial charge on any atom is -0.507 e. The molecule has 3 heteroatoms. The average molecular weight is 200 g/mol. The van der Waals surface area contributed by atoms with Gasteiger partial charge in [0.05, 0.1) is 0 Å². The van der Waals surface area contributed by atoms with Crippen LogP contribution >= 0.6 is 0 Å². The third kappa shape index (κ3) is 1.96. The second-order valence-corrected chi connectivity index (χ2v) is 3.54. The predicted molar refractivity (Wildman–Crippen MR) is 58.6 cm³/mol. The number of phenolic OH excluding ortho intramolecular Hbond substituents is 1. The molecule has 1 aromatic heterocycles. The lowest BCUT2D eigenvalue weighted by Crippen LogP contribution is -1.88. The maximum absolute atomic E-state index is 9.76. The van der Waals surface area contributed by atoms with Gasteiger partial charge in [-0.2, -0.15) is 0 Å². The number of phenols is 1.